The van der Waals surface area contributed by atoms with E-state index in [4.69, 9.17) is 9.15 Å². The quantitative estimate of drug-likeness (QED) is 0.343. The third kappa shape index (κ3) is 6.20. The fourth-order valence-corrected chi connectivity index (χ4v) is 4.31. The smallest absolute Gasteiger partial charge is 0.193 e. The van der Waals surface area contributed by atoms with Gasteiger partial charge in [0.2, 0.25) is 0 Å². The van der Waals surface area contributed by atoms with Crippen molar-refractivity contribution in [3.05, 3.63) is 64.8 Å². The predicted octanol–water partition coefficient (Wildman–Crippen LogP) is 6.28. The molecule has 0 N–H and O–H groups in total. The maximum absolute atomic E-state index is 12.5. The van der Waals surface area contributed by atoms with Crippen LogP contribution in [0.2, 0.25) is 0 Å². The summed E-state index contributed by atoms with van der Waals surface area (Å²) >= 11 is 0. The van der Waals surface area contributed by atoms with Crippen LogP contribution in [-0.2, 0) is 0 Å². The largest absolute Gasteiger partial charge is 0.493 e. The van der Waals surface area contributed by atoms with Crippen LogP contribution in [0, 0.1) is 0 Å². The number of hydrogen-bond acceptors (Lipinski definition) is 4. The first-order valence-corrected chi connectivity index (χ1v) is 11.8. The predicted molar refractivity (Wildman–Crippen MR) is 127 cm³/mol. The zero-order valence-electron chi connectivity index (χ0n) is 18.4. The van der Waals surface area contributed by atoms with Gasteiger partial charge in [0.1, 0.15) is 17.1 Å². The van der Waals surface area contributed by atoms with Crippen LogP contribution in [0.25, 0.3) is 22.3 Å². The minimum absolute atomic E-state index is 0.0311. The molecule has 4 nitrogen and oxygen atoms in total. The molecule has 3 aromatic rings. The van der Waals surface area contributed by atoms with Crippen LogP contribution in [0.4, 0.5) is 0 Å². The molecule has 31 heavy (non-hydrogen) atoms. The van der Waals surface area contributed by atoms with Gasteiger partial charge in [0, 0.05) is 17.7 Å². The molecule has 0 spiro atoms. The summed E-state index contributed by atoms with van der Waals surface area (Å²) in [7, 11) is 0. The third-order valence-electron chi connectivity index (χ3n) is 6.10. The molecule has 1 aromatic heterocycles. The molecule has 0 saturated carbocycles. The van der Waals surface area contributed by atoms with Gasteiger partial charge in [-0.25, -0.2) is 0 Å². The van der Waals surface area contributed by atoms with E-state index in [1.165, 1.54) is 64.6 Å². The molecule has 1 aliphatic heterocycles. The number of nitrogens with zero attached hydrogens (tertiary/aromatic N) is 1. The van der Waals surface area contributed by atoms with Crippen molar-refractivity contribution >= 4 is 11.0 Å². The Bertz CT molecular complexity index is 1010. The lowest BCUT2D eigenvalue weighted by molar-refractivity contribution is 0.302. The van der Waals surface area contributed by atoms with E-state index in [0.29, 0.717) is 23.3 Å². The molecule has 2 aromatic carbocycles. The second kappa shape index (κ2) is 11.1. The van der Waals surface area contributed by atoms with E-state index in [1.54, 1.807) is 12.1 Å². The SMILES string of the molecule is O=c1cc(-c2ccccc2)oc2cc(OCCCCCCCCN3CCCC3)ccc12. The molecule has 2 heterocycles. The fourth-order valence-electron chi connectivity index (χ4n) is 4.31. The molecule has 1 saturated heterocycles. The molecule has 1 aliphatic rings. The topological polar surface area (TPSA) is 42.7 Å². The van der Waals surface area contributed by atoms with Crippen LogP contribution in [0.3, 0.4) is 0 Å². The van der Waals surface area contributed by atoms with Crippen molar-refractivity contribution in [2.24, 2.45) is 0 Å². The molecular weight excluding hydrogens is 386 g/mol. The Balaban J connectivity index is 1.21. The second-order valence-corrected chi connectivity index (χ2v) is 8.52. The summed E-state index contributed by atoms with van der Waals surface area (Å²) in [6.07, 6.45) is 10.3. The van der Waals surface area contributed by atoms with Crippen molar-refractivity contribution < 1.29 is 9.15 Å². The number of unbranched alkanes of at least 4 members (excludes halogenated alkanes) is 5. The lowest BCUT2D eigenvalue weighted by Gasteiger charge is -2.13. The molecule has 1 fully saturated rings. The normalized spacial score (nSPS) is 14.3. The second-order valence-electron chi connectivity index (χ2n) is 8.52. The zero-order valence-corrected chi connectivity index (χ0v) is 18.4. The summed E-state index contributed by atoms with van der Waals surface area (Å²) in [5, 5.41) is 0.584. The van der Waals surface area contributed by atoms with Gasteiger partial charge in [-0.05, 0) is 57.5 Å². The van der Waals surface area contributed by atoms with Crippen molar-refractivity contribution in [3.8, 4) is 17.1 Å². The van der Waals surface area contributed by atoms with E-state index in [-0.39, 0.29) is 5.43 Å². The van der Waals surface area contributed by atoms with E-state index < -0.39 is 0 Å². The number of ether oxygens (including phenoxy) is 1. The minimum Gasteiger partial charge on any atom is -0.493 e. The maximum atomic E-state index is 12.5. The van der Waals surface area contributed by atoms with Crippen LogP contribution in [-0.4, -0.2) is 31.1 Å². The van der Waals surface area contributed by atoms with E-state index in [1.807, 2.05) is 42.5 Å². The Kier molecular flexibility index (Phi) is 7.78. The van der Waals surface area contributed by atoms with Gasteiger partial charge in [-0.15, -0.1) is 0 Å². The average Bonchev–Trinajstić information content (AvgIpc) is 3.32. The van der Waals surface area contributed by atoms with Crippen LogP contribution in [0.5, 0.6) is 5.75 Å². The molecule has 4 rings (SSSR count). The van der Waals surface area contributed by atoms with Gasteiger partial charge in [0.05, 0.1) is 12.0 Å². The summed E-state index contributed by atoms with van der Waals surface area (Å²) in [6, 6.07) is 16.8. The summed E-state index contributed by atoms with van der Waals surface area (Å²) in [5.74, 6) is 1.34. The van der Waals surface area contributed by atoms with E-state index >= 15 is 0 Å². The monoisotopic (exact) mass is 419 g/mol. The average molecular weight is 420 g/mol. The van der Waals surface area contributed by atoms with Crippen LogP contribution in [0.1, 0.15) is 51.4 Å². The van der Waals surface area contributed by atoms with Gasteiger partial charge >= 0.3 is 0 Å². The highest BCUT2D eigenvalue weighted by atomic mass is 16.5. The summed E-state index contributed by atoms with van der Waals surface area (Å²) in [4.78, 5) is 15.1. The zero-order chi connectivity index (χ0) is 21.3. The first-order valence-electron chi connectivity index (χ1n) is 11.8. The van der Waals surface area contributed by atoms with Crippen molar-refractivity contribution in [1.29, 1.82) is 0 Å². The standard InChI is InChI=1S/C27H33NO3/c29-25-21-26(22-12-6-5-7-13-22)31-27-20-23(14-15-24(25)27)30-19-11-4-2-1-3-8-16-28-17-9-10-18-28/h5-7,12-15,20-21H,1-4,8-11,16-19H2. The van der Waals surface area contributed by atoms with Gasteiger partial charge in [0.25, 0.3) is 0 Å². The summed E-state index contributed by atoms with van der Waals surface area (Å²) in [5.41, 5.74) is 1.44. The number of likely N-dealkylation sites (tertiary alicyclic amines) is 1. The van der Waals surface area contributed by atoms with E-state index in [9.17, 15) is 4.79 Å². The fraction of sp³-hybridized carbons (Fsp3) is 0.444. The highest BCUT2D eigenvalue weighted by molar-refractivity contribution is 5.80. The Labute approximate surface area is 184 Å². The maximum Gasteiger partial charge on any atom is 0.193 e. The van der Waals surface area contributed by atoms with Gasteiger partial charge in [-0.3, -0.25) is 4.79 Å². The van der Waals surface area contributed by atoms with Gasteiger partial charge in [-0.2, -0.15) is 0 Å². The molecule has 0 radical (unpaired) electrons. The highest BCUT2D eigenvalue weighted by Gasteiger charge is 2.10. The Morgan fingerprint density at radius 3 is 2.39 bits per heavy atom. The van der Waals surface area contributed by atoms with Gasteiger partial charge in [-0.1, -0.05) is 56.0 Å². The Hall–Kier alpha value is -2.59. The first-order chi connectivity index (χ1) is 15.3. The van der Waals surface area contributed by atoms with Crippen LogP contribution >= 0.6 is 0 Å². The minimum atomic E-state index is -0.0311. The molecule has 0 unspecified atom stereocenters. The first kappa shape index (κ1) is 21.6. The van der Waals surface area contributed by atoms with Crippen LogP contribution < -0.4 is 10.2 Å². The molecule has 0 amide bonds. The third-order valence-corrected chi connectivity index (χ3v) is 6.10. The molecular formula is C27H33NO3. The van der Waals surface area contributed by atoms with Gasteiger partial charge in [0.15, 0.2) is 5.43 Å². The van der Waals surface area contributed by atoms with Crippen molar-refractivity contribution in [2.75, 3.05) is 26.2 Å². The molecule has 0 bridgehead atoms. The molecule has 0 aliphatic carbocycles. The van der Waals surface area contributed by atoms with Gasteiger partial charge < -0.3 is 14.1 Å². The lowest BCUT2D eigenvalue weighted by Crippen LogP contribution is -2.20. The van der Waals surface area contributed by atoms with Crippen molar-refractivity contribution in [3.63, 3.8) is 0 Å². The highest BCUT2D eigenvalue weighted by Crippen LogP contribution is 2.25. The Morgan fingerprint density at radius 1 is 0.839 bits per heavy atom. The molecule has 0 atom stereocenters. The molecule has 164 valence electrons. The number of hydrogen-bond donors (Lipinski definition) is 0. The van der Waals surface area contributed by atoms with E-state index in [2.05, 4.69) is 4.90 Å². The van der Waals surface area contributed by atoms with Crippen molar-refractivity contribution in [2.45, 2.75) is 51.4 Å². The number of benzene rings is 2. The Morgan fingerprint density at radius 2 is 1.58 bits per heavy atom. The van der Waals surface area contributed by atoms with Crippen LogP contribution in [0.15, 0.2) is 63.8 Å². The molecule has 4 heteroatoms. The number of rotatable bonds is 11. The number of fused-ring (bicyclic) bond motifs is 1. The van der Waals surface area contributed by atoms with E-state index in [0.717, 1.165) is 17.7 Å². The summed E-state index contributed by atoms with van der Waals surface area (Å²) < 4.78 is 11.9. The van der Waals surface area contributed by atoms with Crippen molar-refractivity contribution in [1.82, 2.24) is 4.90 Å². The lowest BCUT2D eigenvalue weighted by atomic mass is 10.1. The summed E-state index contributed by atoms with van der Waals surface area (Å²) in [6.45, 7) is 4.60.